The third-order valence-corrected chi connectivity index (χ3v) is 3.58. The highest BCUT2D eigenvalue weighted by molar-refractivity contribution is 6.30. The van der Waals surface area contributed by atoms with Gasteiger partial charge in [0.25, 0.3) is 0 Å². The van der Waals surface area contributed by atoms with E-state index in [4.69, 9.17) is 11.6 Å². The van der Waals surface area contributed by atoms with Crippen LogP contribution in [0, 0.1) is 32.4 Å². The molecule has 0 saturated heterocycles. The van der Waals surface area contributed by atoms with Crippen LogP contribution < -0.4 is 0 Å². The van der Waals surface area contributed by atoms with Crippen LogP contribution in [0.5, 0.6) is 0 Å². The summed E-state index contributed by atoms with van der Waals surface area (Å²) in [6.07, 6.45) is 0. The molecule has 1 aromatic heterocycles. The monoisotopic (exact) mass is 283 g/mol. The molecular weight excluding hydrogens is 272 g/mol. The van der Waals surface area contributed by atoms with Gasteiger partial charge < -0.3 is 4.98 Å². The topological polar surface area (TPSA) is 32.9 Å². The van der Waals surface area contributed by atoms with Crippen LogP contribution in [0.25, 0.3) is 0 Å². The summed E-state index contributed by atoms with van der Waals surface area (Å²) >= 11 is 5.46. The Morgan fingerprint density at radius 3 is 2.26 bits per heavy atom. The largest absolute Gasteiger partial charge is 0.356 e. The van der Waals surface area contributed by atoms with Gasteiger partial charge in [-0.3, -0.25) is 4.79 Å². The second-order valence-corrected chi connectivity index (χ2v) is 4.86. The molecule has 0 unspecified atom stereocenters. The molecule has 5 heteroatoms. The van der Waals surface area contributed by atoms with Gasteiger partial charge in [-0.05, 0) is 44.0 Å². The predicted molar refractivity (Wildman–Crippen MR) is 69.8 cm³/mol. The molecule has 2 aromatic rings. The Hall–Kier alpha value is -1.68. The molecule has 0 atom stereocenters. The van der Waals surface area contributed by atoms with Crippen molar-refractivity contribution in [1.82, 2.24) is 4.98 Å². The highest BCUT2D eigenvalue weighted by Gasteiger charge is 2.21. The standard InChI is InChI=1S/C14H12ClF2NO/c1-6-7(2)13(18-8(6)3)14(19)9-4-12(17)10(15)5-11(9)16/h4-5,18H,1-3H3. The first-order valence-corrected chi connectivity index (χ1v) is 6.05. The maximum absolute atomic E-state index is 13.7. The number of nitrogens with one attached hydrogen (secondary N) is 1. The van der Waals surface area contributed by atoms with E-state index in [9.17, 15) is 13.6 Å². The number of benzene rings is 1. The van der Waals surface area contributed by atoms with Gasteiger partial charge in [-0.2, -0.15) is 0 Å². The van der Waals surface area contributed by atoms with Crippen LogP contribution in [0.3, 0.4) is 0 Å². The van der Waals surface area contributed by atoms with Crippen LogP contribution >= 0.6 is 11.6 Å². The Kier molecular flexibility index (Phi) is 3.45. The summed E-state index contributed by atoms with van der Waals surface area (Å²) in [5.74, 6) is -2.23. The summed E-state index contributed by atoms with van der Waals surface area (Å²) in [5.41, 5.74) is 2.44. The van der Waals surface area contributed by atoms with Crippen molar-refractivity contribution in [2.75, 3.05) is 0 Å². The molecule has 2 nitrogen and oxygen atoms in total. The molecule has 1 N–H and O–H groups in total. The Balaban J connectivity index is 2.56. The van der Waals surface area contributed by atoms with Crippen LogP contribution in [0.4, 0.5) is 8.78 Å². The molecule has 0 fully saturated rings. The van der Waals surface area contributed by atoms with Gasteiger partial charge in [0.15, 0.2) is 0 Å². The second kappa shape index (κ2) is 4.78. The van der Waals surface area contributed by atoms with Gasteiger partial charge in [-0.25, -0.2) is 8.78 Å². The third kappa shape index (κ3) is 2.28. The number of ketones is 1. The molecule has 2 rings (SSSR count). The summed E-state index contributed by atoms with van der Waals surface area (Å²) in [4.78, 5) is 15.1. The van der Waals surface area contributed by atoms with Gasteiger partial charge >= 0.3 is 0 Å². The van der Waals surface area contributed by atoms with Gasteiger partial charge in [0, 0.05) is 5.69 Å². The molecule has 19 heavy (non-hydrogen) atoms. The lowest BCUT2D eigenvalue weighted by molar-refractivity contribution is 0.103. The van der Waals surface area contributed by atoms with Crippen molar-refractivity contribution >= 4 is 17.4 Å². The second-order valence-electron chi connectivity index (χ2n) is 4.45. The van der Waals surface area contributed by atoms with E-state index in [-0.39, 0.29) is 16.3 Å². The highest BCUT2D eigenvalue weighted by Crippen LogP contribution is 2.24. The maximum atomic E-state index is 13.7. The number of aryl methyl sites for hydroxylation is 1. The average Bonchev–Trinajstić information content (AvgIpc) is 2.61. The van der Waals surface area contributed by atoms with E-state index in [0.29, 0.717) is 0 Å². The SMILES string of the molecule is Cc1[nH]c(C(=O)c2cc(F)c(Cl)cc2F)c(C)c1C. The molecule has 0 aliphatic carbocycles. The zero-order valence-corrected chi connectivity index (χ0v) is 11.5. The quantitative estimate of drug-likeness (QED) is 0.653. The average molecular weight is 284 g/mol. The number of H-pyrrole nitrogens is 1. The number of aromatic nitrogens is 1. The first-order chi connectivity index (χ1) is 8.82. The Labute approximate surface area is 114 Å². The summed E-state index contributed by atoms with van der Waals surface area (Å²) < 4.78 is 27.1. The Bertz CT molecular complexity index is 677. The number of rotatable bonds is 2. The van der Waals surface area contributed by atoms with Crippen molar-refractivity contribution in [3.05, 3.63) is 56.9 Å². The maximum Gasteiger partial charge on any atom is 0.212 e. The molecular formula is C14H12ClF2NO. The summed E-state index contributed by atoms with van der Waals surface area (Å²) in [6, 6.07) is 1.63. The van der Waals surface area contributed by atoms with Gasteiger partial charge in [0.05, 0.1) is 16.3 Å². The van der Waals surface area contributed by atoms with Gasteiger partial charge in [-0.1, -0.05) is 11.6 Å². The molecule has 0 spiro atoms. The third-order valence-electron chi connectivity index (χ3n) is 3.29. The molecule has 0 saturated carbocycles. The zero-order chi connectivity index (χ0) is 14.3. The fourth-order valence-electron chi connectivity index (χ4n) is 1.90. The number of hydrogen-bond donors (Lipinski definition) is 1. The predicted octanol–water partition coefficient (Wildman–Crippen LogP) is 4.10. The van der Waals surface area contributed by atoms with E-state index < -0.39 is 17.4 Å². The van der Waals surface area contributed by atoms with E-state index in [1.165, 1.54) is 0 Å². The van der Waals surface area contributed by atoms with Crippen molar-refractivity contribution in [1.29, 1.82) is 0 Å². The van der Waals surface area contributed by atoms with Crippen LogP contribution in [0.1, 0.15) is 32.9 Å². The minimum atomic E-state index is -0.833. The fourth-order valence-corrected chi connectivity index (χ4v) is 2.05. The first kappa shape index (κ1) is 13.7. The van der Waals surface area contributed by atoms with Crippen LogP contribution in [0.15, 0.2) is 12.1 Å². The van der Waals surface area contributed by atoms with E-state index >= 15 is 0 Å². The number of carbonyl (C=O) groups is 1. The normalized spacial score (nSPS) is 10.8. The molecule has 0 radical (unpaired) electrons. The van der Waals surface area contributed by atoms with Gasteiger partial charge in [-0.15, -0.1) is 0 Å². The molecule has 0 aliphatic rings. The van der Waals surface area contributed by atoms with Gasteiger partial charge in [0.2, 0.25) is 5.78 Å². The van der Waals surface area contributed by atoms with Crippen LogP contribution in [-0.4, -0.2) is 10.8 Å². The number of aromatic amines is 1. The minimum absolute atomic E-state index is 0.274. The van der Waals surface area contributed by atoms with Crippen molar-refractivity contribution < 1.29 is 13.6 Å². The molecule has 100 valence electrons. The van der Waals surface area contributed by atoms with Gasteiger partial charge in [0.1, 0.15) is 11.6 Å². The van der Waals surface area contributed by atoms with E-state index in [2.05, 4.69) is 4.98 Å². The summed E-state index contributed by atoms with van der Waals surface area (Å²) in [7, 11) is 0. The van der Waals surface area contributed by atoms with Crippen molar-refractivity contribution in [3.63, 3.8) is 0 Å². The van der Waals surface area contributed by atoms with E-state index in [1.54, 1.807) is 6.92 Å². The summed E-state index contributed by atoms with van der Waals surface area (Å²) in [5, 5.41) is -0.343. The van der Waals surface area contributed by atoms with E-state index in [0.717, 1.165) is 29.0 Å². The number of halogens is 3. The Morgan fingerprint density at radius 2 is 1.74 bits per heavy atom. The lowest BCUT2D eigenvalue weighted by Crippen LogP contribution is -2.07. The zero-order valence-electron chi connectivity index (χ0n) is 10.7. The van der Waals surface area contributed by atoms with Crippen LogP contribution in [0.2, 0.25) is 5.02 Å². The number of hydrogen-bond acceptors (Lipinski definition) is 1. The molecule has 0 bridgehead atoms. The molecule has 0 aliphatic heterocycles. The van der Waals surface area contributed by atoms with E-state index in [1.807, 2.05) is 13.8 Å². The fraction of sp³-hybridized carbons (Fsp3) is 0.214. The highest BCUT2D eigenvalue weighted by atomic mass is 35.5. The summed E-state index contributed by atoms with van der Waals surface area (Å²) in [6.45, 7) is 5.44. The molecule has 1 aromatic carbocycles. The lowest BCUT2D eigenvalue weighted by Gasteiger charge is -2.04. The lowest BCUT2D eigenvalue weighted by atomic mass is 10.0. The minimum Gasteiger partial charge on any atom is -0.356 e. The number of carbonyl (C=O) groups excluding carboxylic acids is 1. The van der Waals surface area contributed by atoms with Crippen LogP contribution in [-0.2, 0) is 0 Å². The Morgan fingerprint density at radius 1 is 1.11 bits per heavy atom. The molecule has 0 amide bonds. The van der Waals surface area contributed by atoms with Crippen molar-refractivity contribution in [2.45, 2.75) is 20.8 Å². The van der Waals surface area contributed by atoms with Crippen molar-refractivity contribution in [2.24, 2.45) is 0 Å². The van der Waals surface area contributed by atoms with Crippen molar-refractivity contribution in [3.8, 4) is 0 Å². The smallest absolute Gasteiger partial charge is 0.212 e. The molecule has 1 heterocycles. The first-order valence-electron chi connectivity index (χ1n) is 5.68.